The van der Waals surface area contributed by atoms with Gasteiger partial charge in [0.2, 0.25) is 5.88 Å². The largest absolute Gasteiger partial charge is 0.468 e. The Bertz CT molecular complexity index is 767. The fraction of sp³-hybridized carbons (Fsp3) is 0.421. The molecule has 27 heavy (non-hydrogen) atoms. The molecule has 0 aromatic carbocycles. The Morgan fingerprint density at radius 2 is 1.81 bits per heavy atom. The molecule has 1 amide bonds. The average Bonchev–Trinajstić information content (AvgIpc) is 2.59. The molecule has 146 valence electrons. The van der Waals surface area contributed by atoms with Crippen LogP contribution in [-0.2, 0) is 5.41 Å². The number of amides is 1. The highest BCUT2D eigenvalue weighted by Crippen LogP contribution is 2.21. The van der Waals surface area contributed by atoms with Crippen molar-refractivity contribution in [1.82, 2.24) is 15.3 Å². The Kier molecular flexibility index (Phi) is 6.08. The van der Waals surface area contributed by atoms with Crippen LogP contribution < -0.4 is 10.1 Å². The molecule has 0 spiro atoms. The van der Waals surface area contributed by atoms with Crippen molar-refractivity contribution in [1.29, 1.82) is 0 Å². The second kappa shape index (κ2) is 7.94. The van der Waals surface area contributed by atoms with Crippen molar-refractivity contribution in [3.8, 4) is 5.88 Å². The molecule has 0 aliphatic heterocycles. The predicted molar refractivity (Wildman–Crippen MR) is 94.6 cm³/mol. The maximum atomic E-state index is 12.3. The number of hydrogen-bond acceptors (Lipinski definition) is 4. The maximum absolute atomic E-state index is 12.3. The second-order valence-corrected chi connectivity index (χ2v) is 7.21. The summed E-state index contributed by atoms with van der Waals surface area (Å²) in [6.07, 6.45) is -1.52. The summed E-state index contributed by atoms with van der Waals surface area (Å²) in [5.74, 6) is -0.426. The van der Waals surface area contributed by atoms with E-state index in [1.807, 2.05) is 26.8 Å². The highest BCUT2D eigenvalue weighted by Gasteiger charge is 2.28. The van der Waals surface area contributed by atoms with Crippen LogP contribution in [0.25, 0.3) is 0 Å². The third kappa shape index (κ3) is 6.23. The third-order valence-corrected chi connectivity index (χ3v) is 3.78. The number of carbonyl (C=O) groups excluding carboxylic acids is 1. The Hall–Kier alpha value is -2.64. The summed E-state index contributed by atoms with van der Waals surface area (Å²) >= 11 is 0. The van der Waals surface area contributed by atoms with Gasteiger partial charge in [-0.15, -0.1) is 0 Å². The molecule has 2 rings (SSSR count). The number of ether oxygens (including phenoxy) is 1. The number of nitrogens with zero attached hydrogens (tertiary/aromatic N) is 2. The van der Waals surface area contributed by atoms with Gasteiger partial charge in [-0.1, -0.05) is 26.8 Å². The molecule has 0 aliphatic rings. The van der Waals surface area contributed by atoms with Crippen molar-refractivity contribution in [2.24, 2.45) is 0 Å². The van der Waals surface area contributed by atoms with Gasteiger partial charge in [-0.05, 0) is 24.6 Å². The zero-order valence-electron chi connectivity index (χ0n) is 15.6. The molecule has 0 aliphatic carbocycles. The number of alkyl halides is 3. The molecule has 0 radical (unpaired) electrons. The first-order valence-corrected chi connectivity index (χ1v) is 8.38. The molecule has 0 saturated heterocycles. The molecule has 1 N–H and O–H groups in total. The number of aromatic nitrogens is 2. The zero-order chi connectivity index (χ0) is 20.2. The van der Waals surface area contributed by atoms with E-state index in [2.05, 4.69) is 20.0 Å². The standard InChI is InChI=1S/C19H22F3N3O2/c1-12(13-6-8-16(24-9-13)27-11-19(20,21)22)25-17(26)14-5-7-15(23-10-14)18(2,3)4/h5-10,12H,11H2,1-4H3,(H,25,26). The molecule has 0 saturated carbocycles. The van der Waals surface area contributed by atoms with E-state index in [1.54, 1.807) is 19.1 Å². The van der Waals surface area contributed by atoms with Crippen LogP contribution in [0.4, 0.5) is 13.2 Å². The van der Waals surface area contributed by atoms with Crippen molar-refractivity contribution < 1.29 is 22.7 Å². The highest BCUT2D eigenvalue weighted by atomic mass is 19.4. The highest BCUT2D eigenvalue weighted by molar-refractivity contribution is 5.94. The first-order chi connectivity index (χ1) is 12.5. The lowest BCUT2D eigenvalue weighted by atomic mass is 9.91. The molecule has 2 heterocycles. The van der Waals surface area contributed by atoms with Crippen molar-refractivity contribution in [3.63, 3.8) is 0 Å². The number of halogens is 3. The Labute approximate surface area is 156 Å². The summed E-state index contributed by atoms with van der Waals surface area (Å²) in [5.41, 5.74) is 1.84. The predicted octanol–water partition coefficient (Wildman–Crippen LogP) is 4.21. The minimum absolute atomic E-state index is 0.107. The van der Waals surface area contributed by atoms with Crippen LogP contribution in [0, 0.1) is 0 Å². The smallest absolute Gasteiger partial charge is 0.422 e. The van der Waals surface area contributed by atoms with Crippen molar-refractivity contribution in [3.05, 3.63) is 53.5 Å². The van der Waals surface area contributed by atoms with Crippen LogP contribution in [0.3, 0.4) is 0 Å². The first kappa shape index (κ1) is 20.7. The minimum atomic E-state index is -4.42. The Morgan fingerprint density at radius 3 is 2.30 bits per heavy atom. The van der Waals surface area contributed by atoms with Gasteiger partial charge in [0, 0.05) is 29.6 Å². The molecule has 8 heteroatoms. The lowest BCUT2D eigenvalue weighted by molar-refractivity contribution is -0.154. The van der Waals surface area contributed by atoms with E-state index < -0.39 is 12.8 Å². The summed E-state index contributed by atoms with van der Waals surface area (Å²) in [6, 6.07) is 6.04. The number of hydrogen-bond donors (Lipinski definition) is 1. The van der Waals surface area contributed by atoms with Gasteiger partial charge in [0.25, 0.3) is 5.91 Å². The quantitative estimate of drug-likeness (QED) is 0.843. The van der Waals surface area contributed by atoms with Gasteiger partial charge in [-0.25, -0.2) is 4.98 Å². The molecule has 0 fully saturated rings. The molecule has 1 atom stereocenters. The van der Waals surface area contributed by atoms with Crippen LogP contribution in [0.1, 0.15) is 55.4 Å². The number of carbonyl (C=O) groups is 1. The fourth-order valence-corrected chi connectivity index (χ4v) is 2.22. The van der Waals surface area contributed by atoms with E-state index in [0.717, 1.165) is 5.69 Å². The molecular formula is C19H22F3N3O2. The summed E-state index contributed by atoms with van der Waals surface area (Å²) in [4.78, 5) is 20.5. The van der Waals surface area contributed by atoms with E-state index in [9.17, 15) is 18.0 Å². The normalized spacial score (nSPS) is 13.1. The monoisotopic (exact) mass is 381 g/mol. The third-order valence-electron chi connectivity index (χ3n) is 3.78. The van der Waals surface area contributed by atoms with Crippen LogP contribution in [0.5, 0.6) is 5.88 Å². The van der Waals surface area contributed by atoms with Crippen molar-refractivity contribution in [2.75, 3.05) is 6.61 Å². The van der Waals surface area contributed by atoms with E-state index in [0.29, 0.717) is 11.1 Å². The number of rotatable bonds is 5. The summed E-state index contributed by atoms with van der Waals surface area (Å²) in [5, 5.41) is 2.81. The summed E-state index contributed by atoms with van der Waals surface area (Å²) in [7, 11) is 0. The number of nitrogens with one attached hydrogen (secondary N) is 1. The van der Waals surface area contributed by atoms with Gasteiger partial charge in [-0.3, -0.25) is 9.78 Å². The SMILES string of the molecule is CC(NC(=O)c1ccc(C(C)(C)C)nc1)c1ccc(OCC(F)(F)F)nc1. The summed E-state index contributed by atoms with van der Waals surface area (Å²) < 4.78 is 41.0. The molecule has 5 nitrogen and oxygen atoms in total. The van der Waals surface area contributed by atoms with Crippen LogP contribution in [0.15, 0.2) is 36.7 Å². The summed E-state index contributed by atoms with van der Waals surface area (Å²) in [6.45, 7) is 6.45. The van der Waals surface area contributed by atoms with E-state index in [4.69, 9.17) is 0 Å². The molecule has 1 unspecified atom stereocenters. The van der Waals surface area contributed by atoms with Gasteiger partial charge in [-0.2, -0.15) is 13.2 Å². The van der Waals surface area contributed by atoms with E-state index in [-0.39, 0.29) is 23.2 Å². The van der Waals surface area contributed by atoms with Crippen LogP contribution in [0.2, 0.25) is 0 Å². The average molecular weight is 381 g/mol. The molecule has 0 bridgehead atoms. The number of pyridine rings is 2. The topological polar surface area (TPSA) is 64.1 Å². The van der Waals surface area contributed by atoms with Gasteiger partial charge >= 0.3 is 6.18 Å². The van der Waals surface area contributed by atoms with Crippen LogP contribution >= 0.6 is 0 Å². The van der Waals surface area contributed by atoms with Gasteiger partial charge in [0.05, 0.1) is 11.6 Å². The molecule has 2 aromatic heterocycles. The Balaban J connectivity index is 1.97. The first-order valence-electron chi connectivity index (χ1n) is 8.38. The van der Waals surface area contributed by atoms with Crippen molar-refractivity contribution in [2.45, 2.75) is 45.3 Å². The van der Waals surface area contributed by atoms with Gasteiger partial charge in [0.1, 0.15) is 0 Å². The molecular weight excluding hydrogens is 359 g/mol. The maximum Gasteiger partial charge on any atom is 0.422 e. The van der Waals surface area contributed by atoms with E-state index in [1.165, 1.54) is 18.5 Å². The molecule has 2 aromatic rings. The van der Waals surface area contributed by atoms with Crippen molar-refractivity contribution >= 4 is 5.91 Å². The zero-order valence-corrected chi connectivity index (χ0v) is 15.6. The lowest BCUT2D eigenvalue weighted by Crippen LogP contribution is -2.27. The lowest BCUT2D eigenvalue weighted by Gasteiger charge is -2.18. The fourth-order valence-electron chi connectivity index (χ4n) is 2.22. The van der Waals surface area contributed by atoms with Gasteiger partial charge in [0.15, 0.2) is 6.61 Å². The second-order valence-electron chi connectivity index (χ2n) is 7.21. The van der Waals surface area contributed by atoms with Crippen LogP contribution in [-0.4, -0.2) is 28.7 Å². The van der Waals surface area contributed by atoms with E-state index >= 15 is 0 Å². The minimum Gasteiger partial charge on any atom is -0.468 e. The Morgan fingerprint density at radius 1 is 1.11 bits per heavy atom. The van der Waals surface area contributed by atoms with Gasteiger partial charge < -0.3 is 10.1 Å².